The maximum Gasteiger partial charge on any atom is 0.254 e. The Morgan fingerprint density at radius 2 is 1.85 bits per heavy atom. The highest BCUT2D eigenvalue weighted by Gasteiger charge is 2.52. The van der Waals surface area contributed by atoms with E-state index in [0.717, 1.165) is 17.7 Å². The Hall–Kier alpha value is -3.36. The number of aliphatic hydroxyl groups is 2. The number of nitrogens with zero attached hydrogens (tertiary/aromatic N) is 4. The minimum atomic E-state index is -1.62. The molecular formula is C26H29F3N4O6. The number of aliphatic hydroxyl groups excluding tert-OH is 2. The largest absolute Gasteiger partial charge is 0.394 e. The average Bonchev–Trinajstić information content (AvgIpc) is 3.42. The normalized spacial score (nSPS) is 23.9. The Labute approximate surface area is 222 Å². The summed E-state index contributed by atoms with van der Waals surface area (Å²) in [5, 5.41) is 29.0. The smallest absolute Gasteiger partial charge is 0.254 e. The van der Waals surface area contributed by atoms with E-state index in [1.54, 1.807) is 14.1 Å². The second kappa shape index (κ2) is 12.2. The van der Waals surface area contributed by atoms with Gasteiger partial charge in [0.25, 0.3) is 5.91 Å². The molecule has 0 aliphatic carbocycles. The lowest BCUT2D eigenvalue weighted by Gasteiger charge is -2.45. The molecule has 1 fully saturated rings. The zero-order chi connectivity index (χ0) is 28.3. The van der Waals surface area contributed by atoms with Gasteiger partial charge in [-0.15, -0.1) is 5.10 Å². The molecule has 0 radical (unpaired) electrons. The van der Waals surface area contributed by atoms with E-state index >= 15 is 0 Å². The number of hydrogen-bond donors (Lipinski definition) is 2. The van der Waals surface area contributed by atoms with Crippen LogP contribution >= 0.6 is 0 Å². The van der Waals surface area contributed by atoms with Gasteiger partial charge in [0.1, 0.15) is 36.2 Å². The third-order valence-corrected chi connectivity index (χ3v) is 6.53. The van der Waals surface area contributed by atoms with Crippen LogP contribution in [0.15, 0.2) is 48.7 Å². The molecule has 0 spiro atoms. The molecule has 1 aliphatic rings. The summed E-state index contributed by atoms with van der Waals surface area (Å²) >= 11 is 0. The summed E-state index contributed by atoms with van der Waals surface area (Å²) in [4.78, 5) is 14.6. The Kier molecular flexibility index (Phi) is 8.97. The zero-order valence-electron chi connectivity index (χ0n) is 21.4. The first-order valence-electron chi connectivity index (χ1n) is 12.1. The van der Waals surface area contributed by atoms with Gasteiger partial charge in [-0.25, -0.2) is 17.9 Å². The average molecular weight is 551 g/mol. The lowest BCUT2D eigenvalue weighted by Crippen LogP contribution is -2.62. The predicted octanol–water partition coefficient (Wildman–Crippen LogP) is 1.71. The van der Waals surface area contributed by atoms with Gasteiger partial charge in [0, 0.05) is 26.8 Å². The molecule has 2 heterocycles. The van der Waals surface area contributed by atoms with Crippen LogP contribution in [-0.2, 0) is 25.6 Å². The molecule has 2 N–H and O–H groups in total. The fourth-order valence-electron chi connectivity index (χ4n) is 4.52. The van der Waals surface area contributed by atoms with E-state index in [1.165, 1.54) is 22.9 Å². The monoisotopic (exact) mass is 550 g/mol. The summed E-state index contributed by atoms with van der Waals surface area (Å²) < 4.78 is 59.9. The molecule has 3 aromatic rings. The molecule has 6 atom stereocenters. The lowest BCUT2D eigenvalue weighted by atomic mass is 9.89. The highest BCUT2D eigenvalue weighted by Crippen LogP contribution is 2.35. The minimum absolute atomic E-state index is 0.0142. The van der Waals surface area contributed by atoms with Gasteiger partial charge in [-0.2, -0.15) is 0 Å². The molecule has 0 saturated carbocycles. The number of carbonyl (C=O) groups excluding carboxylic acids is 1. The summed E-state index contributed by atoms with van der Waals surface area (Å²) in [5.74, 6) is -4.87. The van der Waals surface area contributed by atoms with Crippen LogP contribution in [0.25, 0.3) is 11.3 Å². The van der Waals surface area contributed by atoms with Gasteiger partial charge < -0.3 is 29.3 Å². The van der Waals surface area contributed by atoms with Gasteiger partial charge >= 0.3 is 0 Å². The fourth-order valence-corrected chi connectivity index (χ4v) is 4.52. The van der Waals surface area contributed by atoms with E-state index in [2.05, 4.69) is 10.3 Å². The van der Waals surface area contributed by atoms with Crippen molar-refractivity contribution in [3.05, 3.63) is 71.7 Å². The molecule has 13 heteroatoms. The van der Waals surface area contributed by atoms with Gasteiger partial charge in [-0.05, 0) is 17.7 Å². The van der Waals surface area contributed by atoms with Crippen LogP contribution in [0, 0.1) is 17.5 Å². The van der Waals surface area contributed by atoms with E-state index in [4.69, 9.17) is 14.2 Å². The molecule has 1 aromatic heterocycles. The summed E-state index contributed by atoms with van der Waals surface area (Å²) in [6.45, 7) is -0.546. The number of methoxy groups -OCH3 is 1. The van der Waals surface area contributed by atoms with Crippen molar-refractivity contribution < 1.29 is 42.4 Å². The van der Waals surface area contributed by atoms with Crippen LogP contribution in [0.1, 0.15) is 11.6 Å². The van der Waals surface area contributed by atoms with E-state index in [0.29, 0.717) is 0 Å². The Bertz CT molecular complexity index is 1250. The zero-order valence-corrected chi connectivity index (χ0v) is 21.4. The second-order valence-corrected chi connectivity index (χ2v) is 9.29. The number of halogens is 3. The van der Waals surface area contributed by atoms with Gasteiger partial charge in [0.05, 0.1) is 19.4 Å². The van der Waals surface area contributed by atoms with Gasteiger partial charge in [-0.1, -0.05) is 35.5 Å². The predicted molar refractivity (Wildman–Crippen MR) is 131 cm³/mol. The molecule has 2 aromatic carbocycles. The van der Waals surface area contributed by atoms with Crippen molar-refractivity contribution in [2.45, 2.75) is 43.2 Å². The van der Waals surface area contributed by atoms with E-state index in [9.17, 15) is 28.2 Å². The van der Waals surface area contributed by atoms with Crippen molar-refractivity contribution in [1.82, 2.24) is 19.9 Å². The fraction of sp³-hybridized carbons (Fsp3) is 0.423. The Morgan fingerprint density at radius 3 is 2.44 bits per heavy atom. The van der Waals surface area contributed by atoms with Gasteiger partial charge in [0.15, 0.2) is 23.6 Å². The Morgan fingerprint density at radius 1 is 1.18 bits per heavy atom. The van der Waals surface area contributed by atoms with E-state index in [-0.39, 0.29) is 17.9 Å². The van der Waals surface area contributed by atoms with Gasteiger partial charge in [-0.3, -0.25) is 4.79 Å². The topological polar surface area (TPSA) is 119 Å². The Balaban J connectivity index is 1.70. The number of carbonyl (C=O) groups is 1. The third kappa shape index (κ3) is 5.97. The van der Waals surface area contributed by atoms with Crippen molar-refractivity contribution in [3.8, 4) is 11.3 Å². The van der Waals surface area contributed by atoms with Crippen LogP contribution in [-0.4, -0.2) is 94.3 Å². The SMILES string of the molecule is COC1C(n2cc(-c3cc(F)c(F)c(F)c3)nn2)[C@@H](O)C(CO)O[C@H]1[C@H](OCc1ccccc1)C(=O)N(C)C. The van der Waals surface area contributed by atoms with Crippen molar-refractivity contribution >= 4 is 5.91 Å². The van der Waals surface area contributed by atoms with Crippen LogP contribution in [0.5, 0.6) is 0 Å². The summed E-state index contributed by atoms with van der Waals surface area (Å²) in [6, 6.07) is 9.61. The summed E-state index contributed by atoms with van der Waals surface area (Å²) in [7, 11) is 4.44. The quantitative estimate of drug-likeness (QED) is 0.387. The molecule has 1 aliphatic heterocycles. The number of benzene rings is 2. The molecular weight excluding hydrogens is 521 g/mol. The maximum atomic E-state index is 13.8. The first-order valence-corrected chi connectivity index (χ1v) is 12.1. The molecule has 10 nitrogen and oxygen atoms in total. The van der Waals surface area contributed by atoms with Crippen molar-refractivity contribution in [3.63, 3.8) is 0 Å². The highest BCUT2D eigenvalue weighted by molar-refractivity contribution is 5.81. The van der Waals surface area contributed by atoms with Crippen molar-refractivity contribution in [2.24, 2.45) is 0 Å². The maximum absolute atomic E-state index is 13.8. The van der Waals surface area contributed by atoms with Crippen LogP contribution in [0.2, 0.25) is 0 Å². The number of rotatable bonds is 9. The molecule has 39 heavy (non-hydrogen) atoms. The van der Waals surface area contributed by atoms with Crippen LogP contribution in [0.4, 0.5) is 13.2 Å². The lowest BCUT2D eigenvalue weighted by molar-refractivity contribution is -0.242. The summed E-state index contributed by atoms with van der Waals surface area (Å²) in [5.41, 5.74) is 0.698. The number of amides is 1. The van der Waals surface area contributed by atoms with Gasteiger partial charge in [0.2, 0.25) is 0 Å². The summed E-state index contributed by atoms with van der Waals surface area (Å²) in [6.07, 6.45) is -4.65. The van der Waals surface area contributed by atoms with Crippen LogP contribution in [0.3, 0.4) is 0 Å². The number of aromatic nitrogens is 3. The minimum Gasteiger partial charge on any atom is -0.394 e. The molecule has 1 saturated heterocycles. The number of hydrogen-bond acceptors (Lipinski definition) is 8. The first kappa shape index (κ1) is 28.6. The molecule has 1 amide bonds. The molecule has 210 valence electrons. The van der Waals surface area contributed by atoms with Crippen molar-refractivity contribution in [2.75, 3.05) is 27.8 Å². The second-order valence-electron chi connectivity index (χ2n) is 9.29. The van der Waals surface area contributed by atoms with E-state index in [1.807, 2.05) is 30.3 Å². The highest BCUT2D eigenvalue weighted by atomic mass is 19.2. The van der Waals surface area contributed by atoms with Crippen LogP contribution < -0.4 is 0 Å². The molecule has 3 unspecified atom stereocenters. The molecule has 0 bridgehead atoms. The number of likely N-dealkylation sites (N-methyl/N-ethyl adjacent to an activating group) is 1. The van der Waals surface area contributed by atoms with E-state index < -0.39 is 66.5 Å². The third-order valence-electron chi connectivity index (χ3n) is 6.53. The van der Waals surface area contributed by atoms with Crippen molar-refractivity contribution in [1.29, 1.82) is 0 Å². The first-order chi connectivity index (χ1) is 18.7. The number of ether oxygens (including phenoxy) is 3. The standard InChI is InChI=1S/C26H29F3N4O6/c1-32(2)26(36)25(38-13-14-7-5-4-6-8-14)24-23(37-3)21(22(35)19(12-34)39-24)33-11-18(30-31-33)15-9-16(27)20(29)17(28)10-15/h4-11,19,21-25,34-35H,12-13H2,1-3H3/t19?,21?,22-,23?,24+,25-/m0/s1. The molecule has 4 rings (SSSR count).